The Morgan fingerprint density at radius 2 is 1.56 bits per heavy atom. The van der Waals surface area contributed by atoms with E-state index in [1.807, 2.05) is 60.7 Å². The monoisotopic (exact) mass is 429 g/mol. The summed E-state index contributed by atoms with van der Waals surface area (Å²) in [4.78, 5) is 25.2. The van der Waals surface area contributed by atoms with E-state index >= 15 is 0 Å². The molecule has 1 amide bonds. The van der Waals surface area contributed by atoms with Crippen LogP contribution in [0, 0.1) is 6.92 Å². The van der Waals surface area contributed by atoms with Crippen LogP contribution in [0.1, 0.15) is 33.3 Å². The van der Waals surface area contributed by atoms with E-state index in [1.165, 1.54) is 0 Å². The van der Waals surface area contributed by atoms with Gasteiger partial charge in [-0.25, -0.2) is 4.79 Å². The summed E-state index contributed by atoms with van der Waals surface area (Å²) in [6.07, 6.45) is 0. The fraction of sp³-hybridized carbons (Fsp3) is 0.154. The minimum absolute atomic E-state index is 0.0729. The van der Waals surface area contributed by atoms with Crippen molar-refractivity contribution in [3.05, 3.63) is 101 Å². The fourth-order valence-corrected chi connectivity index (χ4v) is 3.57. The van der Waals surface area contributed by atoms with Crippen LogP contribution in [0.25, 0.3) is 11.0 Å². The lowest BCUT2D eigenvalue weighted by Gasteiger charge is -2.19. The Morgan fingerprint density at radius 3 is 2.16 bits per heavy atom. The standard InChI is InChI=1S/C26H23NO5/c1-17-21-15-20(30-2)13-14-22(21)32-25(17)26(29)31-16-23(28)27-24(18-9-5-3-6-10-18)19-11-7-4-8-12-19/h3-15,24H,16H2,1-2H3,(H,27,28). The molecule has 0 bridgehead atoms. The lowest BCUT2D eigenvalue weighted by Crippen LogP contribution is -2.33. The lowest BCUT2D eigenvalue weighted by molar-refractivity contribution is -0.124. The van der Waals surface area contributed by atoms with Crippen LogP contribution >= 0.6 is 0 Å². The van der Waals surface area contributed by atoms with Gasteiger partial charge >= 0.3 is 5.97 Å². The molecule has 1 N–H and O–H groups in total. The molecule has 0 saturated heterocycles. The van der Waals surface area contributed by atoms with Crippen molar-refractivity contribution in [2.45, 2.75) is 13.0 Å². The zero-order valence-electron chi connectivity index (χ0n) is 17.8. The van der Waals surface area contributed by atoms with Gasteiger partial charge in [0.1, 0.15) is 11.3 Å². The molecule has 0 aliphatic heterocycles. The number of esters is 1. The molecule has 6 heteroatoms. The summed E-state index contributed by atoms with van der Waals surface area (Å²) in [5.74, 6) is -0.368. The van der Waals surface area contributed by atoms with Gasteiger partial charge in [-0.3, -0.25) is 4.79 Å². The number of ether oxygens (including phenoxy) is 2. The summed E-state index contributed by atoms with van der Waals surface area (Å²) in [6.45, 7) is 1.34. The molecule has 0 radical (unpaired) electrons. The number of benzene rings is 3. The number of furan rings is 1. The number of rotatable bonds is 7. The average molecular weight is 429 g/mol. The highest BCUT2D eigenvalue weighted by molar-refractivity contribution is 5.97. The summed E-state index contributed by atoms with van der Waals surface area (Å²) in [5.41, 5.74) is 3.05. The molecule has 0 aliphatic rings. The second-order valence-electron chi connectivity index (χ2n) is 7.32. The summed E-state index contributed by atoms with van der Waals surface area (Å²) in [6, 6.07) is 24.2. The molecule has 32 heavy (non-hydrogen) atoms. The molecule has 0 saturated carbocycles. The minimum atomic E-state index is -0.691. The average Bonchev–Trinajstić information content (AvgIpc) is 3.17. The molecule has 3 aromatic carbocycles. The van der Waals surface area contributed by atoms with Crippen LogP contribution in [-0.2, 0) is 9.53 Å². The lowest BCUT2D eigenvalue weighted by atomic mass is 9.99. The van der Waals surface area contributed by atoms with E-state index in [0.717, 1.165) is 16.5 Å². The van der Waals surface area contributed by atoms with Crippen LogP contribution < -0.4 is 10.1 Å². The molecule has 0 fully saturated rings. The number of fused-ring (bicyclic) bond motifs is 1. The molecule has 0 unspecified atom stereocenters. The van der Waals surface area contributed by atoms with Crippen molar-refractivity contribution in [3.63, 3.8) is 0 Å². The minimum Gasteiger partial charge on any atom is -0.497 e. The molecule has 6 nitrogen and oxygen atoms in total. The SMILES string of the molecule is COc1ccc2oc(C(=O)OCC(=O)NC(c3ccccc3)c3ccccc3)c(C)c2c1. The molecule has 0 aliphatic carbocycles. The number of carbonyl (C=O) groups excluding carboxylic acids is 2. The van der Waals surface area contributed by atoms with Crippen molar-refractivity contribution in [2.75, 3.05) is 13.7 Å². The fourth-order valence-electron chi connectivity index (χ4n) is 3.57. The number of aryl methyl sites for hydroxylation is 1. The Morgan fingerprint density at radius 1 is 0.938 bits per heavy atom. The van der Waals surface area contributed by atoms with E-state index in [9.17, 15) is 9.59 Å². The van der Waals surface area contributed by atoms with Gasteiger partial charge in [0.15, 0.2) is 6.61 Å². The van der Waals surface area contributed by atoms with Crippen LogP contribution in [0.15, 0.2) is 83.3 Å². The molecule has 0 spiro atoms. The quantitative estimate of drug-likeness (QED) is 0.427. The first-order valence-corrected chi connectivity index (χ1v) is 10.2. The number of carbonyl (C=O) groups is 2. The summed E-state index contributed by atoms with van der Waals surface area (Å²) >= 11 is 0. The van der Waals surface area contributed by atoms with Crippen LogP contribution in [-0.4, -0.2) is 25.6 Å². The third-order valence-electron chi connectivity index (χ3n) is 5.23. The van der Waals surface area contributed by atoms with Crippen molar-refractivity contribution in [2.24, 2.45) is 0 Å². The Hall–Kier alpha value is -4.06. The van der Waals surface area contributed by atoms with Gasteiger partial charge < -0.3 is 19.2 Å². The van der Waals surface area contributed by atoms with E-state index in [2.05, 4.69) is 5.32 Å². The number of hydrogen-bond donors (Lipinski definition) is 1. The first kappa shape index (κ1) is 21.2. The molecule has 1 aromatic heterocycles. The predicted octanol–water partition coefficient (Wildman–Crippen LogP) is 4.81. The van der Waals surface area contributed by atoms with Crippen molar-refractivity contribution in [3.8, 4) is 5.75 Å². The maximum absolute atomic E-state index is 12.6. The second-order valence-corrected chi connectivity index (χ2v) is 7.32. The van der Waals surface area contributed by atoms with E-state index in [1.54, 1.807) is 32.2 Å². The largest absolute Gasteiger partial charge is 0.497 e. The van der Waals surface area contributed by atoms with E-state index in [0.29, 0.717) is 16.9 Å². The Labute approximate surface area is 185 Å². The Balaban J connectivity index is 1.46. The van der Waals surface area contributed by atoms with Crippen LogP contribution in [0.3, 0.4) is 0 Å². The highest BCUT2D eigenvalue weighted by Crippen LogP contribution is 2.29. The van der Waals surface area contributed by atoms with E-state index < -0.39 is 18.5 Å². The number of nitrogens with one attached hydrogen (secondary N) is 1. The smallest absolute Gasteiger partial charge is 0.375 e. The first-order chi connectivity index (χ1) is 15.6. The zero-order chi connectivity index (χ0) is 22.5. The van der Waals surface area contributed by atoms with Gasteiger partial charge in [0.05, 0.1) is 13.2 Å². The summed E-state index contributed by atoms with van der Waals surface area (Å²) in [5, 5.41) is 3.71. The molecule has 4 aromatic rings. The van der Waals surface area contributed by atoms with Crippen LogP contribution in [0.4, 0.5) is 0 Å². The molecule has 0 atom stereocenters. The second kappa shape index (κ2) is 9.39. The molecule has 1 heterocycles. The maximum atomic E-state index is 12.6. The number of hydrogen-bond acceptors (Lipinski definition) is 5. The molecule has 162 valence electrons. The van der Waals surface area contributed by atoms with Crippen molar-refractivity contribution < 1.29 is 23.5 Å². The summed E-state index contributed by atoms with van der Waals surface area (Å²) < 4.78 is 16.1. The number of methoxy groups -OCH3 is 1. The Bertz CT molecular complexity index is 1190. The van der Waals surface area contributed by atoms with Gasteiger partial charge in [0, 0.05) is 10.9 Å². The molecular formula is C26H23NO5. The normalized spacial score (nSPS) is 10.8. The number of amides is 1. The first-order valence-electron chi connectivity index (χ1n) is 10.2. The highest BCUT2D eigenvalue weighted by atomic mass is 16.5. The van der Waals surface area contributed by atoms with Gasteiger partial charge in [0.25, 0.3) is 5.91 Å². The van der Waals surface area contributed by atoms with Crippen LogP contribution in [0.5, 0.6) is 5.75 Å². The summed E-state index contributed by atoms with van der Waals surface area (Å²) in [7, 11) is 1.57. The van der Waals surface area contributed by atoms with Crippen molar-refractivity contribution in [1.82, 2.24) is 5.32 Å². The molecular weight excluding hydrogens is 406 g/mol. The maximum Gasteiger partial charge on any atom is 0.375 e. The van der Waals surface area contributed by atoms with Crippen molar-refractivity contribution in [1.29, 1.82) is 0 Å². The third-order valence-corrected chi connectivity index (χ3v) is 5.23. The van der Waals surface area contributed by atoms with E-state index in [4.69, 9.17) is 13.9 Å². The van der Waals surface area contributed by atoms with E-state index in [-0.39, 0.29) is 11.8 Å². The predicted molar refractivity (Wildman–Crippen MR) is 121 cm³/mol. The Kier molecular flexibility index (Phi) is 6.22. The topological polar surface area (TPSA) is 77.8 Å². The molecule has 4 rings (SSSR count). The highest BCUT2D eigenvalue weighted by Gasteiger charge is 2.22. The van der Waals surface area contributed by atoms with Crippen LogP contribution in [0.2, 0.25) is 0 Å². The van der Waals surface area contributed by atoms with Gasteiger partial charge in [-0.2, -0.15) is 0 Å². The third kappa shape index (κ3) is 4.49. The van der Waals surface area contributed by atoms with Crippen molar-refractivity contribution >= 4 is 22.8 Å². The van der Waals surface area contributed by atoms with Gasteiger partial charge in [-0.1, -0.05) is 60.7 Å². The van der Waals surface area contributed by atoms with Gasteiger partial charge in [-0.05, 0) is 36.2 Å². The van der Waals surface area contributed by atoms with Gasteiger partial charge in [0.2, 0.25) is 5.76 Å². The zero-order valence-corrected chi connectivity index (χ0v) is 17.8. The van der Waals surface area contributed by atoms with Gasteiger partial charge in [-0.15, -0.1) is 0 Å².